The fraction of sp³-hybridized carbons (Fsp3) is 0.333. The maximum absolute atomic E-state index is 14.6. The Morgan fingerprint density at radius 1 is 1.23 bits per heavy atom. The standard InChI is InChI=1S/C27H26FN3O4/c1-3-17-4-5-24(30-11-17)21-6-7-29-16(2)26(21)35-14-18-12-31(13-18)27(33)22-9-19-8-20(32)15-34-25(19)10-23(22)28/h4-7,9-11,18H,3,8,12-15H2,1-2H3. The van der Waals surface area contributed by atoms with Crippen LogP contribution in [0.3, 0.4) is 0 Å². The SMILES string of the molecule is CCc1ccc(-c2ccnc(C)c2OCC2CN(C(=O)c3cc4c(cc3F)OCC(=O)C4)C2)nc1. The first kappa shape index (κ1) is 23.0. The largest absolute Gasteiger partial charge is 0.491 e. The molecule has 35 heavy (non-hydrogen) atoms. The van der Waals surface area contributed by atoms with Gasteiger partial charge in [0, 0.05) is 55.0 Å². The van der Waals surface area contributed by atoms with Gasteiger partial charge in [0.25, 0.3) is 5.91 Å². The Hall–Kier alpha value is -3.81. The van der Waals surface area contributed by atoms with Gasteiger partial charge in [-0.1, -0.05) is 13.0 Å². The molecule has 0 spiro atoms. The molecule has 0 bridgehead atoms. The second kappa shape index (κ2) is 9.44. The molecule has 2 aliphatic heterocycles. The van der Waals surface area contributed by atoms with Crippen molar-refractivity contribution in [3.63, 3.8) is 0 Å². The number of fused-ring (bicyclic) bond motifs is 1. The maximum atomic E-state index is 14.6. The Bertz CT molecular complexity index is 1290. The number of carbonyl (C=O) groups is 2. The average molecular weight is 476 g/mol. The van der Waals surface area contributed by atoms with Crippen LogP contribution in [0.1, 0.15) is 34.1 Å². The molecule has 180 valence electrons. The van der Waals surface area contributed by atoms with E-state index in [2.05, 4.69) is 23.0 Å². The molecule has 4 heterocycles. The van der Waals surface area contributed by atoms with Gasteiger partial charge in [0.05, 0.1) is 23.6 Å². The number of pyridine rings is 2. The van der Waals surface area contributed by atoms with Crippen molar-refractivity contribution in [2.45, 2.75) is 26.7 Å². The van der Waals surface area contributed by atoms with Gasteiger partial charge < -0.3 is 14.4 Å². The number of halogens is 1. The summed E-state index contributed by atoms with van der Waals surface area (Å²) in [6.07, 6.45) is 4.67. The number of nitrogens with zero attached hydrogens (tertiary/aromatic N) is 3. The summed E-state index contributed by atoms with van der Waals surface area (Å²) in [5.41, 5.74) is 4.14. The van der Waals surface area contributed by atoms with Crippen LogP contribution in [-0.2, 0) is 17.6 Å². The molecule has 0 aliphatic carbocycles. The first-order chi connectivity index (χ1) is 16.9. The molecular formula is C27H26FN3O4. The summed E-state index contributed by atoms with van der Waals surface area (Å²) in [7, 11) is 0. The molecular weight excluding hydrogens is 449 g/mol. The molecule has 0 N–H and O–H groups in total. The van der Waals surface area contributed by atoms with E-state index in [4.69, 9.17) is 9.47 Å². The number of rotatable bonds is 6. The molecule has 1 saturated heterocycles. The average Bonchev–Trinajstić information content (AvgIpc) is 2.83. The molecule has 1 amide bonds. The van der Waals surface area contributed by atoms with E-state index in [0.29, 0.717) is 36.8 Å². The topological polar surface area (TPSA) is 81.6 Å². The fourth-order valence-corrected chi connectivity index (χ4v) is 4.40. The van der Waals surface area contributed by atoms with E-state index >= 15 is 0 Å². The minimum Gasteiger partial charge on any atom is -0.491 e. The van der Waals surface area contributed by atoms with E-state index in [1.54, 1.807) is 11.1 Å². The van der Waals surface area contributed by atoms with Gasteiger partial charge in [-0.2, -0.15) is 0 Å². The zero-order valence-electron chi connectivity index (χ0n) is 19.7. The van der Waals surface area contributed by atoms with Crippen LogP contribution in [0.2, 0.25) is 0 Å². The molecule has 1 fully saturated rings. The highest BCUT2D eigenvalue weighted by Crippen LogP contribution is 2.33. The number of amides is 1. The number of benzene rings is 1. The molecule has 0 atom stereocenters. The van der Waals surface area contributed by atoms with Crippen molar-refractivity contribution in [3.05, 3.63) is 70.9 Å². The van der Waals surface area contributed by atoms with Crippen LogP contribution in [0.25, 0.3) is 11.3 Å². The second-order valence-corrected chi connectivity index (χ2v) is 9.01. The lowest BCUT2D eigenvalue weighted by molar-refractivity contribution is -0.121. The van der Waals surface area contributed by atoms with Crippen LogP contribution in [0.5, 0.6) is 11.5 Å². The first-order valence-electron chi connectivity index (χ1n) is 11.7. The minimum atomic E-state index is -0.639. The van der Waals surface area contributed by atoms with Crippen molar-refractivity contribution in [3.8, 4) is 22.8 Å². The second-order valence-electron chi connectivity index (χ2n) is 9.01. The van der Waals surface area contributed by atoms with Gasteiger partial charge in [-0.25, -0.2) is 4.39 Å². The number of Topliss-reactive ketones (excluding diaryl/α,β-unsaturated/α-hetero) is 1. The minimum absolute atomic E-state index is 0.0339. The van der Waals surface area contributed by atoms with Gasteiger partial charge >= 0.3 is 0 Å². The van der Waals surface area contributed by atoms with Gasteiger partial charge in [-0.3, -0.25) is 19.6 Å². The van der Waals surface area contributed by atoms with Crippen LogP contribution in [0.4, 0.5) is 4.39 Å². The third-order valence-corrected chi connectivity index (χ3v) is 6.46. The Kier molecular flexibility index (Phi) is 6.19. The number of ether oxygens (including phenoxy) is 2. The van der Waals surface area contributed by atoms with Crippen LogP contribution in [-0.4, -0.2) is 52.9 Å². The van der Waals surface area contributed by atoms with Gasteiger partial charge in [-0.15, -0.1) is 0 Å². The van der Waals surface area contributed by atoms with E-state index in [1.807, 2.05) is 25.3 Å². The zero-order chi connectivity index (χ0) is 24.5. The lowest BCUT2D eigenvalue weighted by Gasteiger charge is -2.39. The van der Waals surface area contributed by atoms with Crippen LogP contribution >= 0.6 is 0 Å². The van der Waals surface area contributed by atoms with Crippen molar-refractivity contribution >= 4 is 11.7 Å². The number of ketones is 1. The summed E-state index contributed by atoms with van der Waals surface area (Å²) in [6.45, 7) is 5.25. The summed E-state index contributed by atoms with van der Waals surface area (Å²) in [4.78, 5) is 35.1. The Morgan fingerprint density at radius 3 is 2.80 bits per heavy atom. The number of aryl methyl sites for hydroxylation is 2. The first-order valence-corrected chi connectivity index (χ1v) is 11.7. The molecule has 2 aliphatic rings. The molecule has 0 unspecified atom stereocenters. The predicted molar refractivity (Wildman–Crippen MR) is 127 cm³/mol. The summed E-state index contributed by atoms with van der Waals surface area (Å²) in [5.74, 6) is 0.00477. The van der Waals surface area contributed by atoms with E-state index in [1.165, 1.54) is 12.1 Å². The molecule has 5 rings (SSSR count). The van der Waals surface area contributed by atoms with Crippen LogP contribution in [0.15, 0.2) is 42.7 Å². The maximum Gasteiger partial charge on any atom is 0.256 e. The van der Waals surface area contributed by atoms with Gasteiger partial charge in [0.15, 0.2) is 5.78 Å². The summed E-state index contributed by atoms with van der Waals surface area (Å²) in [6, 6.07) is 8.56. The molecule has 3 aromatic rings. The van der Waals surface area contributed by atoms with Gasteiger partial charge in [0.1, 0.15) is 23.9 Å². The lowest BCUT2D eigenvalue weighted by atomic mass is 9.97. The van der Waals surface area contributed by atoms with E-state index in [0.717, 1.165) is 28.9 Å². The summed E-state index contributed by atoms with van der Waals surface area (Å²) >= 11 is 0. The van der Waals surface area contributed by atoms with Crippen molar-refractivity contribution in [2.75, 3.05) is 26.3 Å². The molecule has 0 saturated carbocycles. The van der Waals surface area contributed by atoms with Crippen LogP contribution < -0.4 is 9.47 Å². The van der Waals surface area contributed by atoms with Crippen molar-refractivity contribution in [1.82, 2.24) is 14.9 Å². The highest BCUT2D eigenvalue weighted by molar-refractivity contribution is 5.96. The van der Waals surface area contributed by atoms with Crippen molar-refractivity contribution in [1.29, 1.82) is 0 Å². The normalized spacial score (nSPS) is 15.3. The summed E-state index contributed by atoms with van der Waals surface area (Å²) in [5, 5.41) is 0. The molecule has 7 nitrogen and oxygen atoms in total. The fourth-order valence-electron chi connectivity index (χ4n) is 4.40. The highest BCUT2D eigenvalue weighted by atomic mass is 19.1. The number of hydrogen-bond acceptors (Lipinski definition) is 6. The molecule has 2 aromatic heterocycles. The van der Waals surface area contributed by atoms with Crippen molar-refractivity contribution < 1.29 is 23.5 Å². The predicted octanol–water partition coefficient (Wildman–Crippen LogP) is 3.81. The van der Waals surface area contributed by atoms with Gasteiger partial charge in [-0.05, 0) is 37.1 Å². The number of hydrogen-bond donors (Lipinski definition) is 0. The number of carbonyl (C=O) groups excluding carboxylic acids is 2. The Morgan fingerprint density at radius 2 is 2.06 bits per heavy atom. The monoisotopic (exact) mass is 475 g/mol. The number of likely N-dealkylation sites (tertiary alicyclic amines) is 1. The molecule has 8 heteroatoms. The Labute approximate surface area is 202 Å². The summed E-state index contributed by atoms with van der Waals surface area (Å²) < 4.78 is 26.0. The molecule has 0 radical (unpaired) electrons. The number of aromatic nitrogens is 2. The van der Waals surface area contributed by atoms with E-state index < -0.39 is 11.7 Å². The van der Waals surface area contributed by atoms with E-state index in [9.17, 15) is 14.0 Å². The zero-order valence-corrected chi connectivity index (χ0v) is 19.7. The third kappa shape index (κ3) is 4.60. The van der Waals surface area contributed by atoms with Crippen molar-refractivity contribution in [2.24, 2.45) is 5.92 Å². The third-order valence-electron chi connectivity index (χ3n) is 6.46. The smallest absolute Gasteiger partial charge is 0.256 e. The molecule has 1 aromatic carbocycles. The quantitative estimate of drug-likeness (QED) is 0.539. The Balaban J connectivity index is 1.23. The highest BCUT2D eigenvalue weighted by Gasteiger charge is 2.34. The van der Waals surface area contributed by atoms with Crippen LogP contribution in [0, 0.1) is 18.7 Å². The van der Waals surface area contributed by atoms with Gasteiger partial charge in [0.2, 0.25) is 0 Å². The lowest BCUT2D eigenvalue weighted by Crippen LogP contribution is -2.52. The van der Waals surface area contributed by atoms with E-state index in [-0.39, 0.29) is 30.3 Å².